The number of H-pyrrole nitrogens is 1. The van der Waals surface area contributed by atoms with Crippen molar-refractivity contribution in [1.82, 2.24) is 9.97 Å². The van der Waals surface area contributed by atoms with E-state index in [0.29, 0.717) is 21.0 Å². The number of carbonyl (C=O) groups is 1. The number of aryl methyl sites for hydroxylation is 1. The Morgan fingerprint density at radius 3 is 2.77 bits per heavy atom. The molecule has 0 bridgehead atoms. The molecule has 7 heteroatoms. The lowest BCUT2D eigenvalue weighted by Gasteiger charge is -2.12. The van der Waals surface area contributed by atoms with Gasteiger partial charge in [-0.15, -0.1) is 11.3 Å². The number of nitrogens with one attached hydrogen (secondary N) is 3. The number of rotatable bonds is 4. The highest BCUT2D eigenvalue weighted by atomic mass is 32.1. The van der Waals surface area contributed by atoms with E-state index in [9.17, 15) is 10.1 Å². The Hall–Kier alpha value is -4.15. The van der Waals surface area contributed by atoms with Gasteiger partial charge in [0.1, 0.15) is 10.9 Å². The predicted molar refractivity (Wildman–Crippen MR) is 125 cm³/mol. The molecule has 3 heterocycles. The first kappa shape index (κ1) is 18.9. The zero-order valence-electron chi connectivity index (χ0n) is 16.6. The first-order chi connectivity index (χ1) is 15.1. The molecule has 5 rings (SSSR count). The summed E-state index contributed by atoms with van der Waals surface area (Å²) in [5.74, 6) is -0.205. The molecule has 3 aromatic heterocycles. The van der Waals surface area contributed by atoms with Gasteiger partial charge in [0.05, 0.1) is 16.1 Å². The third-order valence-corrected chi connectivity index (χ3v) is 6.24. The number of nitriles is 1. The van der Waals surface area contributed by atoms with Crippen LogP contribution in [-0.2, 0) is 0 Å². The van der Waals surface area contributed by atoms with E-state index in [4.69, 9.17) is 0 Å². The molecule has 6 nitrogen and oxygen atoms in total. The number of anilines is 3. The van der Waals surface area contributed by atoms with Gasteiger partial charge >= 0.3 is 0 Å². The van der Waals surface area contributed by atoms with E-state index in [1.165, 1.54) is 11.3 Å². The Kier molecular flexibility index (Phi) is 4.62. The van der Waals surface area contributed by atoms with Gasteiger partial charge in [-0.2, -0.15) is 5.26 Å². The van der Waals surface area contributed by atoms with Crippen LogP contribution in [0.1, 0.15) is 20.8 Å². The number of thiophene rings is 1. The molecule has 1 amide bonds. The molecule has 0 spiro atoms. The van der Waals surface area contributed by atoms with Gasteiger partial charge < -0.3 is 15.6 Å². The number of carbonyl (C=O) groups excluding carboxylic acids is 1. The maximum atomic E-state index is 12.8. The van der Waals surface area contributed by atoms with Gasteiger partial charge in [-0.3, -0.25) is 4.79 Å². The summed E-state index contributed by atoms with van der Waals surface area (Å²) < 4.78 is 0. The highest BCUT2D eigenvalue weighted by Crippen LogP contribution is 2.36. The molecular weight excluding hydrogens is 406 g/mol. The fraction of sp³-hybridized carbons (Fsp3) is 0.0417. The molecular formula is C24H17N5OS. The van der Waals surface area contributed by atoms with Crippen LogP contribution in [0.25, 0.3) is 21.1 Å². The number of hydrogen-bond donors (Lipinski definition) is 3. The van der Waals surface area contributed by atoms with Gasteiger partial charge in [0.25, 0.3) is 5.91 Å². The fourth-order valence-corrected chi connectivity index (χ4v) is 4.49. The van der Waals surface area contributed by atoms with Crippen LogP contribution in [0.4, 0.5) is 17.1 Å². The molecule has 0 aliphatic heterocycles. The van der Waals surface area contributed by atoms with Crippen LogP contribution in [0.5, 0.6) is 0 Å². The predicted octanol–water partition coefficient (Wildman–Crippen LogP) is 5.95. The number of aromatic amines is 1. The zero-order valence-corrected chi connectivity index (χ0v) is 17.4. The van der Waals surface area contributed by atoms with Crippen LogP contribution < -0.4 is 10.6 Å². The number of benzene rings is 2. The van der Waals surface area contributed by atoms with Crippen molar-refractivity contribution in [2.24, 2.45) is 0 Å². The molecule has 31 heavy (non-hydrogen) atoms. The Balaban J connectivity index is 1.56. The van der Waals surface area contributed by atoms with E-state index in [1.807, 2.05) is 61.7 Å². The SMILES string of the molecule is Cc1c(Nc2c(C#N)cnc3sc(C(=O)Nc4ccccc4)cc23)ccc2[nH]ccc12. The van der Waals surface area contributed by atoms with Crippen LogP contribution in [0.2, 0.25) is 0 Å². The van der Waals surface area contributed by atoms with Crippen molar-refractivity contribution in [3.63, 3.8) is 0 Å². The van der Waals surface area contributed by atoms with E-state index < -0.39 is 0 Å². The van der Waals surface area contributed by atoms with Gasteiger partial charge in [-0.05, 0) is 48.9 Å². The van der Waals surface area contributed by atoms with Crippen molar-refractivity contribution < 1.29 is 4.79 Å². The van der Waals surface area contributed by atoms with E-state index in [-0.39, 0.29) is 5.91 Å². The number of amides is 1. The Labute approximate surface area is 182 Å². The van der Waals surface area contributed by atoms with E-state index in [2.05, 4.69) is 26.7 Å². The lowest BCUT2D eigenvalue weighted by Crippen LogP contribution is -2.09. The van der Waals surface area contributed by atoms with E-state index in [0.717, 1.165) is 33.2 Å². The molecule has 0 aliphatic rings. The maximum Gasteiger partial charge on any atom is 0.265 e. The monoisotopic (exact) mass is 423 g/mol. The summed E-state index contributed by atoms with van der Waals surface area (Å²) in [6.45, 7) is 2.04. The summed E-state index contributed by atoms with van der Waals surface area (Å²) in [7, 11) is 0. The van der Waals surface area contributed by atoms with Crippen LogP contribution in [0.3, 0.4) is 0 Å². The second-order valence-electron chi connectivity index (χ2n) is 7.11. The molecule has 0 aliphatic carbocycles. The molecule has 150 valence electrons. The first-order valence-corrected chi connectivity index (χ1v) is 10.5. The number of fused-ring (bicyclic) bond motifs is 2. The molecule has 3 N–H and O–H groups in total. The molecule has 0 atom stereocenters. The van der Waals surface area contributed by atoms with Crippen molar-refractivity contribution in [3.05, 3.63) is 83.0 Å². The molecule has 2 aromatic carbocycles. The second kappa shape index (κ2) is 7.59. The van der Waals surface area contributed by atoms with E-state index >= 15 is 0 Å². The third kappa shape index (κ3) is 3.39. The Morgan fingerprint density at radius 2 is 1.97 bits per heavy atom. The Bertz CT molecular complexity index is 1480. The van der Waals surface area contributed by atoms with Gasteiger partial charge in [-0.1, -0.05) is 18.2 Å². The number of pyridine rings is 1. The first-order valence-electron chi connectivity index (χ1n) is 9.67. The van der Waals surface area contributed by atoms with Crippen molar-refractivity contribution in [2.45, 2.75) is 6.92 Å². The summed E-state index contributed by atoms with van der Waals surface area (Å²) in [6, 6.07) is 19.3. The number of hydrogen-bond acceptors (Lipinski definition) is 5. The third-order valence-electron chi connectivity index (χ3n) is 5.20. The van der Waals surface area contributed by atoms with Gasteiger partial charge in [0, 0.05) is 40.1 Å². The van der Waals surface area contributed by atoms with Crippen LogP contribution in [0, 0.1) is 18.3 Å². The molecule has 0 saturated heterocycles. The maximum absolute atomic E-state index is 12.8. The van der Waals surface area contributed by atoms with E-state index in [1.54, 1.807) is 12.3 Å². The van der Waals surface area contributed by atoms with Crippen molar-refractivity contribution in [3.8, 4) is 6.07 Å². The summed E-state index contributed by atoms with van der Waals surface area (Å²) in [4.78, 5) is 21.6. The van der Waals surface area contributed by atoms with Gasteiger partial charge in [0.2, 0.25) is 0 Å². The zero-order chi connectivity index (χ0) is 21.4. The van der Waals surface area contributed by atoms with Crippen molar-refractivity contribution >= 4 is 55.4 Å². The van der Waals surface area contributed by atoms with Crippen LogP contribution in [0.15, 0.2) is 67.0 Å². The number of aromatic nitrogens is 2. The molecule has 0 unspecified atom stereocenters. The number of para-hydroxylation sites is 1. The molecule has 0 radical (unpaired) electrons. The lowest BCUT2D eigenvalue weighted by atomic mass is 10.1. The summed E-state index contributed by atoms with van der Waals surface area (Å²) in [6.07, 6.45) is 3.45. The van der Waals surface area contributed by atoms with Crippen LogP contribution >= 0.6 is 11.3 Å². The minimum absolute atomic E-state index is 0.205. The smallest absolute Gasteiger partial charge is 0.265 e. The van der Waals surface area contributed by atoms with Gasteiger partial charge in [-0.25, -0.2) is 4.98 Å². The lowest BCUT2D eigenvalue weighted by molar-refractivity contribution is 0.103. The van der Waals surface area contributed by atoms with Crippen molar-refractivity contribution in [1.29, 1.82) is 5.26 Å². The standard InChI is InChI=1S/C24H17N5OS/c1-14-17-9-10-26-20(17)8-7-19(14)29-22-15(12-25)13-27-24-18(22)11-21(31-24)23(30)28-16-5-3-2-4-6-16/h2-11,13,26H,1H3,(H,27,29)(H,28,30). The minimum Gasteiger partial charge on any atom is -0.361 e. The van der Waals surface area contributed by atoms with Crippen LogP contribution in [-0.4, -0.2) is 15.9 Å². The fourth-order valence-electron chi connectivity index (χ4n) is 3.59. The van der Waals surface area contributed by atoms with Crippen molar-refractivity contribution in [2.75, 3.05) is 10.6 Å². The summed E-state index contributed by atoms with van der Waals surface area (Å²) in [5.41, 5.74) is 4.83. The highest BCUT2D eigenvalue weighted by molar-refractivity contribution is 7.20. The number of nitrogens with zero attached hydrogens (tertiary/aromatic N) is 2. The molecule has 0 fully saturated rings. The minimum atomic E-state index is -0.205. The largest absolute Gasteiger partial charge is 0.361 e. The highest BCUT2D eigenvalue weighted by Gasteiger charge is 2.17. The topological polar surface area (TPSA) is 93.6 Å². The second-order valence-corrected chi connectivity index (χ2v) is 8.14. The summed E-state index contributed by atoms with van der Waals surface area (Å²) >= 11 is 1.30. The van der Waals surface area contributed by atoms with Gasteiger partial charge in [0.15, 0.2) is 0 Å². The quantitative estimate of drug-likeness (QED) is 0.333. The molecule has 5 aromatic rings. The normalized spacial score (nSPS) is 10.8. The average Bonchev–Trinajstić information content (AvgIpc) is 3.44. The Morgan fingerprint density at radius 1 is 1.13 bits per heavy atom. The molecule has 0 saturated carbocycles. The summed E-state index contributed by atoms with van der Waals surface area (Å²) in [5, 5.41) is 17.8. The average molecular weight is 424 g/mol.